The Hall–Kier alpha value is -0.995. The zero-order chi connectivity index (χ0) is 9.02. The first kappa shape index (κ1) is 10.0. The van der Waals surface area contributed by atoms with Crippen molar-refractivity contribution < 1.29 is 15.2 Å². The molecule has 0 aromatic rings. The van der Waals surface area contributed by atoms with Gasteiger partial charge in [0.15, 0.2) is 0 Å². The second-order valence-electron chi connectivity index (χ2n) is 2.27. The Balaban J connectivity index is 4.60. The van der Waals surface area contributed by atoms with Crippen LogP contribution in [0.3, 0.4) is 0 Å². The number of aliphatic hydroxyl groups excluding tert-OH is 1. The fourth-order valence-electron chi connectivity index (χ4n) is 0.572. The summed E-state index contributed by atoms with van der Waals surface area (Å²) >= 11 is 0. The molecule has 60 valence electrons. The molecule has 0 bridgehead atoms. The third-order valence-corrected chi connectivity index (χ3v) is 1.01. The van der Waals surface area contributed by atoms with E-state index in [2.05, 4.69) is 13.2 Å². The van der Waals surface area contributed by atoms with E-state index in [9.17, 15) is 0 Å². The number of hydrogen-bond donors (Lipinski definition) is 3. The molecule has 0 aliphatic rings. The zero-order valence-electron chi connectivity index (χ0n) is 6.41. The van der Waals surface area contributed by atoms with Gasteiger partial charge in [-0.15, -0.1) is 0 Å². The van der Waals surface area contributed by atoms with Crippen molar-refractivity contribution >= 4 is 7.12 Å². The van der Waals surface area contributed by atoms with Crippen LogP contribution >= 0.6 is 0 Å². The Morgan fingerprint density at radius 2 is 1.82 bits per heavy atom. The average molecular weight is 154 g/mol. The van der Waals surface area contributed by atoms with Crippen molar-refractivity contribution in [3.8, 4) is 0 Å². The lowest BCUT2D eigenvalue weighted by molar-refractivity contribution is 0.394. The Bertz CT molecular complexity index is 206. The minimum atomic E-state index is -1.70. The van der Waals surface area contributed by atoms with Crippen molar-refractivity contribution in [2.24, 2.45) is 0 Å². The molecular formula is C7H11BO3. The van der Waals surface area contributed by atoms with E-state index in [0.717, 1.165) is 0 Å². The standard InChI is InChI=1S/C7H11BO3/c1-5(2)4-7(6(3)9)8(10)11/h4,9-11H,1,3H2,2H3/b7-4+. The largest absolute Gasteiger partial charge is 0.509 e. The van der Waals surface area contributed by atoms with E-state index in [1.807, 2.05) is 0 Å². The first-order valence-corrected chi connectivity index (χ1v) is 3.06. The van der Waals surface area contributed by atoms with Gasteiger partial charge in [-0.2, -0.15) is 0 Å². The topological polar surface area (TPSA) is 60.7 Å². The molecule has 0 radical (unpaired) electrons. The van der Waals surface area contributed by atoms with Gasteiger partial charge in [0.25, 0.3) is 0 Å². The van der Waals surface area contributed by atoms with E-state index >= 15 is 0 Å². The smallest absolute Gasteiger partial charge is 0.492 e. The molecule has 0 saturated heterocycles. The molecule has 0 aromatic carbocycles. The highest BCUT2D eigenvalue weighted by Gasteiger charge is 2.16. The van der Waals surface area contributed by atoms with Gasteiger partial charge in [-0.1, -0.05) is 24.8 Å². The maximum atomic E-state index is 8.81. The van der Waals surface area contributed by atoms with Gasteiger partial charge in [-0.3, -0.25) is 0 Å². The van der Waals surface area contributed by atoms with Crippen molar-refractivity contribution in [1.82, 2.24) is 0 Å². The van der Waals surface area contributed by atoms with Crippen LogP contribution in [0.1, 0.15) is 6.92 Å². The zero-order valence-corrected chi connectivity index (χ0v) is 6.41. The predicted molar refractivity (Wildman–Crippen MR) is 44.9 cm³/mol. The summed E-state index contributed by atoms with van der Waals surface area (Å²) in [6.07, 6.45) is 1.35. The average Bonchev–Trinajstić information content (AvgIpc) is 1.81. The van der Waals surface area contributed by atoms with Crippen molar-refractivity contribution in [2.75, 3.05) is 0 Å². The second-order valence-corrected chi connectivity index (χ2v) is 2.27. The Morgan fingerprint density at radius 3 is 1.91 bits per heavy atom. The van der Waals surface area contributed by atoms with Crippen molar-refractivity contribution in [2.45, 2.75) is 6.92 Å². The summed E-state index contributed by atoms with van der Waals surface area (Å²) in [4.78, 5) is 0. The van der Waals surface area contributed by atoms with Gasteiger partial charge in [0.1, 0.15) is 5.76 Å². The summed E-state index contributed by atoms with van der Waals surface area (Å²) in [6, 6.07) is 0. The van der Waals surface area contributed by atoms with Gasteiger partial charge in [-0.25, -0.2) is 0 Å². The summed E-state index contributed by atoms with van der Waals surface area (Å²) in [7, 11) is -1.70. The molecule has 0 heterocycles. The second kappa shape index (κ2) is 4.00. The van der Waals surface area contributed by atoms with Crippen LogP contribution in [0.2, 0.25) is 0 Å². The lowest BCUT2D eigenvalue weighted by Gasteiger charge is -2.02. The van der Waals surface area contributed by atoms with E-state index in [-0.39, 0.29) is 11.2 Å². The first-order chi connectivity index (χ1) is 4.95. The molecule has 3 N–H and O–H groups in total. The summed E-state index contributed by atoms with van der Waals surface area (Å²) < 4.78 is 0. The van der Waals surface area contributed by atoms with Crippen LogP contribution in [-0.2, 0) is 0 Å². The highest BCUT2D eigenvalue weighted by molar-refractivity contribution is 6.52. The molecule has 0 unspecified atom stereocenters. The summed E-state index contributed by atoms with van der Waals surface area (Å²) in [5.74, 6) is -0.358. The van der Waals surface area contributed by atoms with Crippen LogP contribution in [0, 0.1) is 0 Å². The van der Waals surface area contributed by atoms with Crippen LogP contribution in [0.15, 0.2) is 36.0 Å². The molecule has 0 fully saturated rings. The van der Waals surface area contributed by atoms with Crippen molar-refractivity contribution in [3.05, 3.63) is 36.0 Å². The van der Waals surface area contributed by atoms with Gasteiger partial charge in [-0.05, 0) is 6.92 Å². The summed E-state index contributed by atoms with van der Waals surface area (Å²) in [6.45, 7) is 8.34. The van der Waals surface area contributed by atoms with E-state index in [0.29, 0.717) is 5.57 Å². The van der Waals surface area contributed by atoms with Gasteiger partial charge < -0.3 is 15.2 Å². The predicted octanol–water partition coefficient (Wildman–Crippen LogP) is 0.573. The van der Waals surface area contributed by atoms with Crippen LogP contribution in [0.4, 0.5) is 0 Å². The number of allylic oxidation sites excluding steroid dienone is 3. The van der Waals surface area contributed by atoms with Crippen LogP contribution in [0.25, 0.3) is 0 Å². The molecule has 0 aromatic heterocycles. The van der Waals surface area contributed by atoms with Crippen LogP contribution < -0.4 is 0 Å². The summed E-state index contributed by atoms with van der Waals surface area (Å²) in [5, 5.41) is 26.1. The molecule has 0 spiro atoms. The molecule has 0 amide bonds. The minimum Gasteiger partial charge on any atom is -0.509 e. The third kappa shape index (κ3) is 3.65. The maximum Gasteiger partial charge on any atom is 0.492 e. The van der Waals surface area contributed by atoms with Gasteiger partial charge in [0.05, 0.1) is 0 Å². The molecular weight excluding hydrogens is 143 g/mol. The Labute approximate surface area is 66.1 Å². The van der Waals surface area contributed by atoms with Crippen molar-refractivity contribution in [1.29, 1.82) is 0 Å². The SMILES string of the molecule is C=C(C)/C=C(/B(O)O)C(=C)O. The Morgan fingerprint density at radius 1 is 1.36 bits per heavy atom. The molecule has 0 rings (SSSR count). The van der Waals surface area contributed by atoms with Crippen molar-refractivity contribution in [3.63, 3.8) is 0 Å². The Kier molecular flexibility index (Phi) is 3.64. The van der Waals surface area contributed by atoms with Crippen LogP contribution in [-0.4, -0.2) is 22.3 Å². The maximum absolute atomic E-state index is 8.81. The highest BCUT2D eigenvalue weighted by atomic mass is 16.4. The fourth-order valence-corrected chi connectivity index (χ4v) is 0.572. The molecule has 0 aliphatic heterocycles. The summed E-state index contributed by atoms with van der Waals surface area (Å²) in [5.41, 5.74) is 0.584. The van der Waals surface area contributed by atoms with Gasteiger partial charge >= 0.3 is 7.12 Å². The first-order valence-electron chi connectivity index (χ1n) is 3.06. The number of hydrogen-bond acceptors (Lipinski definition) is 3. The minimum absolute atomic E-state index is 0.0301. The molecule has 0 atom stereocenters. The van der Waals surface area contributed by atoms with Gasteiger partial charge in [0, 0.05) is 5.47 Å². The number of aliphatic hydroxyl groups is 1. The normalized spacial score (nSPS) is 11.0. The fraction of sp³-hybridized carbons (Fsp3) is 0.143. The molecule has 3 nitrogen and oxygen atoms in total. The van der Waals surface area contributed by atoms with E-state index in [1.165, 1.54) is 6.08 Å². The lowest BCUT2D eigenvalue weighted by atomic mass is 9.77. The molecule has 11 heavy (non-hydrogen) atoms. The van der Waals surface area contributed by atoms with Crippen LogP contribution in [0.5, 0.6) is 0 Å². The third-order valence-electron chi connectivity index (χ3n) is 1.01. The number of rotatable bonds is 3. The van der Waals surface area contributed by atoms with E-state index in [1.54, 1.807) is 6.92 Å². The molecule has 4 heteroatoms. The molecule has 0 aliphatic carbocycles. The monoisotopic (exact) mass is 154 g/mol. The van der Waals surface area contributed by atoms with E-state index in [4.69, 9.17) is 15.2 Å². The molecule has 0 saturated carbocycles. The lowest BCUT2D eigenvalue weighted by Crippen LogP contribution is -2.16. The quantitative estimate of drug-likeness (QED) is 0.316. The van der Waals surface area contributed by atoms with E-state index < -0.39 is 7.12 Å². The highest BCUT2D eigenvalue weighted by Crippen LogP contribution is 2.08. The van der Waals surface area contributed by atoms with Gasteiger partial charge in [0.2, 0.25) is 0 Å².